The molecule has 1 aromatic carbocycles. The lowest BCUT2D eigenvalue weighted by atomic mass is 9.90. The number of aromatic nitrogens is 1. The molecule has 3 amide bonds. The highest BCUT2D eigenvalue weighted by Gasteiger charge is 2.49. The lowest BCUT2D eigenvalue weighted by Crippen LogP contribution is -2.46. The number of nitrogens with two attached hydrogens (primary N) is 1. The zero-order chi connectivity index (χ0) is 18.7. The summed E-state index contributed by atoms with van der Waals surface area (Å²) in [5.41, 5.74) is 5.59. The van der Waals surface area contributed by atoms with Crippen molar-refractivity contribution in [2.75, 3.05) is 19.0 Å². The third-order valence-corrected chi connectivity index (χ3v) is 4.80. The second kappa shape index (κ2) is 7.31. The van der Waals surface area contributed by atoms with Crippen LogP contribution in [0.1, 0.15) is 12.0 Å². The van der Waals surface area contributed by atoms with Crippen LogP contribution in [0.2, 0.25) is 5.02 Å². The maximum atomic E-state index is 12.8. The molecule has 2 aromatic rings. The average Bonchev–Trinajstić information content (AvgIpc) is 3.06. The first kappa shape index (κ1) is 18.2. The molecule has 1 saturated heterocycles. The fraction of sp³-hybridized carbons (Fsp3) is 0.278. The van der Waals surface area contributed by atoms with Crippen molar-refractivity contribution in [3.63, 3.8) is 0 Å². The summed E-state index contributed by atoms with van der Waals surface area (Å²) in [5, 5.41) is 3.16. The summed E-state index contributed by atoms with van der Waals surface area (Å²) in [5.74, 6) is -0.0353. The number of carbonyl (C=O) groups is 2. The molecule has 3 N–H and O–H groups in total. The van der Waals surface area contributed by atoms with Gasteiger partial charge in [-0.05, 0) is 17.7 Å². The van der Waals surface area contributed by atoms with E-state index in [2.05, 4.69) is 10.3 Å². The number of hydrogen-bond acceptors (Lipinski definition) is 4. The van der Waals surface area contributed by atoms with E-state index in [1.807, 2.05) is 30.3 Å². The summed E-state index contributed by atoms with van der Waals surface area (Å²) in [7, 11) is 1.56. The Morgan fingerprint density at radius 2 is 2.04 bits per heavy atom. The number of rotatable bonds is 4. The number of benzene rings is 1. The van der Waals surface area contributed by atoms with Gasteiger partial charge in [0.2, 0.25) is 5.91 Å². The molecule has 2 heterocycles. The molecule has 2 atom stereocenters. The van der Waals surface area contributed by atoms with Crippen LogP contribution < -0.4 is 11.1 Å². The van der Waals surface area contributed by atoms with E-state index in [1.165, 1.54) is 11.1 Å². The molecule has 0 bridgehead atoms. The number of halogens is 1. The van der Waals surface area contributed by atoms with E-state index in [1.54, 1.807) is 19.2 Å². The minimum atomic E-state index is -0.800. The van der Waals surface area contributed by atoms with Gasteiger partial charge in [-0.15, -0.1) is 0 Å². The molecule has 0 radical (unpaired) electrons. The third-order valence-electron chi connectivity index (χ3n) is 4.58. The summed E-state index contributed by atoms with van der Waals surface area (Å²) in [6.07, 6.45) is 1.72. The number of amides is 3. The molecule has 26 heavy (non-hydrogen) atoms. The number of nitrogens with one attached hydrogen (secondary N) is 1. The second-order valence-corrected chi connectivity index (χ2v) is 6.54. The zero-order valence-corrected chi connectivity index (χ0v) is 14.9. The van der Waals surface area contributed by atoms with Crippen LogP contribution in [-0.2, 0) is 15.1 Å². The van der Waals surface area contributed by atoms with Crippen LogP contribution in [0.4, 0.5) is 10.6 Å². The number of methoxy groups -OCH3 is 1. The van der Waals surface area contributed by atoms with Crippen molar-refractivity contribution in [1.82, 2.24) is 9.88 Å². The normalized spacial score (nSPS) is 22.2. The Balaban J connectivity index is 1.86. The monoisotopic (exact) mass is 374 g/mol. The van der Waals surface area contributed by atoms with Gasteiger partial charge in [0.15, 0.2) is 0 Å². The molecule has 1 aliphatic heterocycles. The summed E-state index contributed by atoms with van der Waals surface area (Å²) in [6.45, 7) is 0.189. The van der Waals surface area contributed by atoms with E-state index < -0.39 is 17.7 Å². The molecule has 136 valence electrons. The van der Waals surface area contributed by atoms with E-state index in [4.69, 9.17) is 22.1 Å². The number of anilines is 1. The molecule has 1 aliphatic rings. The predicted octanol–water partition coefficient (Wildman–Crippen LogP) is 2.37. The van der Waals surface area contributed by atoms with Gasteiger partial charge in [0, 0.05) is 19.7 Å². The molecule has 1 fully saturated rings. The van der Waals surface area contributed by atoms with Gasteiger partial charge in [-0.2, -0.15) is 0 Å². The molecule has 3 rings (SSSR count). The SMILES string of the molecule is CO[C@]1(c2ccccc2)C[C@H](C(=O)Nc2ccc(Cl)cn2)N(C(N)=O)C1. The van der Waals surface area contributed by atoms with Crippen LogP contribution in [0.5, 0.6) is 0 Å². The van der Waals surface area contributed by atoms with Crippen LogP contribution in [0.3, 0.4) is 0 Å². The molecular formula is C18H19ClN4O3. The van der Waals surface area contributed by atoms with Gasteiger partial charge in [0.05, 0.1) is 11.6 Å². The quantitative estimate of drug-likeness (QED) is 0.858. The number of ether oxygens (including phenoxy) is 1. The van der Waals surface area contributed by atoms with Gasteiger partial charge in [0.1, 0.15) is 17.5 Å². The third kappa shape index (κ3) is 3.49. The van der Waals surface area contributed by atoms with Crippen molar-refractivity contribution in [3.05, 3.63) is 59.2 Å². The molecule has 7 nitrogen and oxygen atoms in total. The summed E-state index contributed by atoms with van der Waals surface area (Å²) < 4.78 is 5.75. The average molecular weight is 375 g/mol. The van der Waals surface area contributed by atoms with Crippen molar-refractivity contribution >= 4 is 29.4 Å². The number of likely N-dealkylation sites (tertiary alicyclic amines) is 1. The minimum absolute atomic E-state index is 0.189. The van der Waals surface area contributed by atoms with Crippen LogP contribution >= 0.6 is 11.6 Å². The van der Waals surface area contributed by atoms with Crippen molar-refractivity contribution in [3.8, 4) is 0 Å². The van der Waals surface area contributed by atoms with E-state index in [-0.39, 0.29) is 18.9 Å². The smallest absolute Gasteiger partial charge is 0.315 e. The maximum absolute atomic E-state index is 12.8. The maximum Gasteiger partial charge on any atom is 0.315 e. The highest BCUT2D eigenvalue weighted by Crippen LogP contribution is 2.39. The van der Waals surface area contributed by atoms with Crippen LogP contribution in [0.25, 0.3) is 0 Å². The highest BCUT2D eigenvalue weighted by atomic mass is 35.5. The first-order chi connectivity index (χ1) is 12.4. The molecular weight excluding hydrogens is 356 g/mol. The topological polar surface area (TPSA) is 97.6 Å². The Labute approximate surface area is 156 Å². The van der Waals surface area contributed by atoms with Crippen LogP contribution in [0.15, 0.2) is 48.7 Å². The highest BCUT2D eigenvalue weighted by molar-refractivity contribution is 6.30. The number of carbonyl (C=O) groups excluding carboxylic acids is 2. The number of pyridine rings is 1. The van der Waals surface area contributed by atoms with Crippen molar-refractivity contribution < 1.29 is 14.3 Å². The van der Waals surface area contributed by atoms with Crippen LogP contribution in [-0.4, -0.2) is 41.5 Å². The van der Waals surface area contributed by atoms with E-state index in [0.29, 0.717) is 10.8 Å². The lowest BCUT2D eigenvalue weighted by molar-refractivity contribution is -0.119. The Kier molecular flexibility index (Phi) is 5.11. The second-order valence-electron chi connectivity index (χ2n) is 6.10. The molecule has 0 spiro atoms. The van der Waals surface area contributed by atoms with E-state index in [0.717, 1.165) is 5.56 Å². The number of nitrogens with zero attached hydrogens (tertiary/aromatic N) is 2. The fourth-order valence-corrected chi connectivity index (χ4v) is 3.33. The summed E-state index contributed by atoms with van der Waals surface area (Å²) >= 11 is 5.80. The van der Waals surface area contributed by atoms with Crippen molar-refractivity contribution in [1.29, 1.82) is 0 Å². The fourth-order valence-electron chi connectivity index (χ4n) is 3.21. The molecule has 0 saturated carbocycles. The zero-order valence-electron chi connectivity index (χ0n) is 14.2. The molecule has 1 aromatic heterocycles. The van der Waals surface area contributed by atoms with E-state index in [9.17, 15) is 9.59 Å². The van der Waals surface area contributed by atoms with Gasteiger partial charge < -0.3 is 20.7 Å². The van der Waals surface area contributed by atoms with Gasteiger partial charge >= 0.3 is 6.03 Å². The predicted molar refractivity (Wildman–Crippen MR) is 97.7 cm³/mol. The van der Waals surface area contributed by atoms with Gasteiger partial charge in [-0.25, -0.2) is 9.78 Å². The Hall–Kier alpha value is -2.64. The van der Waals surface area contributed by atoms with Crippen LogP contribution in [0, 0.1) is 0 Å². The Morgan fingerprint density at radius 1 is 1.31 bits per heavy atom. The first-order valence-corrected chi connectivity index (χ1v) is 8.42. The Morgan fingerprint density at radius 3 is 2.62 bits per heavy atom. The Bertz CT molecular complexity index is 800. The number of primary amides is 1. The first-order valence-electron chi connectivity index (χ1n) is 8.04. The summed E-state index contributed by atoms with van der Waals surface area (Å²) in [6, 6.07) is 11.2. The molecule has 0 unspecified atom stereocenters. The minimum Gasteiger partial charge on any atom is -0.372 e. The van der Waals surface area contributed by atoms with Gasteiger partial charge in [-0.1, -0.05) is 41.9 Å². The van der Waals surface area contributed by atoms with Gasteiger partial charge in [-0.3, -0.25) is 4.79 Å². The molecule has 0 aliphatic carbocycles. The van der Waals surface area contributed by atoms with E-state index >= 15 is 0 Å². The number of urea groups is 1. The standard InChI is InChI=1S/C18H19ClN4O3/c1-26-18(12-5-3-2-4-6-12)9-14(23(11-18)17(20)25)16(24)22-15-8-7-13(19)10-21-15/h2-8,10,14H,9,11H2,1H3,(H2,20,25)(H,21,22,24)/t14-,18-/m1/s1. The lowest BCUT2D eigenvalue weighted by Gasteiger charge is -2.27. The summed E-state index contributed by atoms with van der Waals surface area (Å²) in [4.78, 5) is 30.1. The number of hydrogen-bond donors (Lipinski definition) is 2. The largest absolute Gasteiger partial charge is 0.372 e. The molecule has 8 heteroatoms. The van der Waals surface area contributed by atoms with Gasteiger partial charge in [0.25, 0.3) is 0 Å². The van der Waals surface area contributed by atoms with Crippen molar-refractivity contribution in [2.45, 2.75) is 18.1 Å². The van der Waals surface area contributed by atoms with Crippen molar-refractivity contribution in [2.24, 2.45) is 5.73 Å².